The lowest BCUT2D eigenvalue weighted by molar-refractivity contribution is 0.312. The minimum absolute atomic E-state index is 0.509. The first-order chi connectivity index (χ1) is 11.3. The van der Waals surface area contributed by atoms with Crippen molar-refractivity contribution in [3.63, 3.8) is 0 Å². The normalized spacial score (nSPS) is 11.3. The van der Waals surface area contributed by atoms with Crippen LogP contribution in [0.4, 0.5) is 5.69 Å². The Morgan fingerprint density at radius 3 is 1.87 bits per heavy atom. The molecule has 0 saturated carbocycles. The van der Waals surface area contributed by atoms with Gasteiger partial charge in [0, 0.05) is 5.56 Å². The van der Waals surface area contributed by atoms with Gasteiger partial charge in [-0.05, 0) is 17.7 Å². The largest absolute Gasteiger partial charge is 0.282 e. The van der Waals surface area contributed by atoms with Crippen LogP contribution in [-0.2, 0) is 6.54 Å². The van der Waals surface area contributed by atoms with Gasteiger partial charge in [-0.15, -0.1) is 0 Å². The summed E-state index contributed by atoms with van der Waals surface area (Å²) in [5.74, 6) is 0.528. The second kappa shape index (κ2) is 7.38. The average molecular weight is 302 g/mol. The first kappa shape index (κ1) is 15.0. The molecule has 3 rings (SSSR count). The second-order valence-electron chi connectivity index (χ2n) is 5.14. The fourth-order valence-corrected chi connectivity index (χ4v) is 2.31. The molecule has 3 aromatic carbocycles. The Morgan fingerprint density at radius 2 is 1.26 bits per heavy atom. The number of anilines is 1. The predicted molar refractivity (Wildman–Crippen MR) is 93.8 cm³/mol. The summed E-state index contributed by atoms with van der Waals surface area (Å²) < 4.78 is 0. The van der Waals surface area contributed by atoms with Crippen molar-refractivity contribution in [3.05, 3.63) is 102 Å². The number of amidine groups is 1. The van der Waals surface area contributed by atoms with Crippen LogP contribution in [0.25, 0.3) is 0 Å². The number of hydrogen-bond acceptors (Lipinski definition) is 2. The van der Waals surface area contributed by atoms with Gasteiger partial charge in [-0.3, -0.25) is 10.2 Å². The smallest absolute Gasteiger partial charge is 0.160 e. The molecule has 114 valence electrons. The summed E-state index contributed by atoms with van der Waals surface area (Å²) in [4.78, 5) is 4.63. The van der Waals surface area contributed by atoms with E-state index >= 15 is 0 Å². The highest BCUT2D eigenvalue weighted by Crippen LogP contribution is 2.16. The zero-order chi connectivity index (χ0) is 15.9. The van der Waals surface area contributed by atoms with Crippen molar-refractivity contribution in [1.29, 1.82) is 0 Å². The molecular weight excluding hydrogens is 284 g/mol. The van der Waals surface area contributed by atoms with E-state index < -0.39 is 0 Å². The summed E-state index contributed by atoms with van der Waals surface area (Å²) in [7, 11) is 0. The van der Waals surface area contributed by atoms with Gasteiger partial charge in [-0.1, -0.05) is 78.9 Å². The van der Waals surface area contributed by atoms with Crippen LogP contribution in [0.15, 0.2) is 96.0 Å². The summed E-state index contributed by atoms with van der Waals surface area (Å²) in [5, 5.41) is 11.8. The Labute approximate surface area is 136 Å². The molecule has 1 N–H and O–H groups in total. The van der Waals surface area contributed by atoms with Gasteiger partial charge in [0.2, 0.25) is 0 Å². The minimum atomic E-state index is 0.509. The molecule has 0 amide bonds. The van der Waals surface area contributed by atoms with Crippen LogP contribution < -0.4 is 5.06 Å². The third-order valence-electron chi connectivity index (χ3n) is 3.49. The van der Waals surface area contributed by atoms with Gasteiger partial charge in [0.15, 0.2) is 5.84 Å². The maximum atomic E-state index is 10.6. The molecule has 3 aromatic rings. The molecule has 0 spiro atoms. The van der Waals surface area contributed by atoms with E-state index in [0.717, 1.165) is 16.2 Å². The first-order valence-electron chi connectivity index (χ1n) is 7.52. The summed E-state index contributed by atoms with van der Waals surface area (Å²) in [6.07, 6.45) is 0. The highest BCUT2D eigenvalue weighted by Gasteiger charge is 2.13. The Hall–Kier alpha value is -2.91. The van der Waals surface area contributed by atoms with Crippen molar-refractivity contribution in [3.8, 4) is 0 Å². The van der Waals surface area contributed by atoms with Crippen LogP contribution in [0.3, 0.4) is 0 Å². The van der Waals surface area contributed by atoms with Gasteiger partial charge in [0.25, 0.3) is 0 Å². The summed E-state index contributed by atoms with van der Waals surface area (Å²) in [6, 6.07) is 29.1. The Kier molecular flexibility index (Phi) is 4.82. The molecule has 0 heterocycles. The molecule has 0 aliphatic heterocycles. The molecule has 0 aliphatic carbocycles. The van der Waals surface area contributed by atoms with E-state index in [1.165, 1.54) is 0 Å². The fourth-order valence-electron chi connectivity index (χ4n) is 2.31. The standard InChI is InChI=1S/C20H18N2O/c23-22(19-14-8-3-9-15-19)20(18-12-6-2-7-13-18)21-16-17-10-4-1-5-11-17/h1-15,23H,16H2. The van der Waals surface area contributed by atoms with Crippen LogP contribution in [0.2, 0.25) is 0 Å². The van der Waals surface area contributed by atoms with Crippen molar-refractivity contribution >= 4 is 11.5 Å². The van der Waals surface area contributed by atoms with Gasteiger partial charge in [-0.2, -0.15) is 0 Å². The van der Waals surface area contributed by atoms with Gasteiger partial charge in [0.05, 0.1) is 12.2 Å². The Morgan fingerprint density at radius 1 is 0.739 bits per heavy atom. The molecule has 0 radical (unpaired) electrons. The van der Waals surface area contributed by atoms with Gasteiger partial charge >= 0.3 is 0 Å². The molecule has 0 aromatic heterocycles. The van der Waals surface area contributed by atoms with Crippen molar-refractivity contribution in [2.45, 2.75) is 6.54 Å². The minimum Gasteiger partial charge on any atom is -0.282 e. The topological polar surface area (TPSA) is 35.8 Å². The average Bonchev–Trinajstić information content (AvgIpc) is 2.64. The Balaban J connectivity index is 1.94. The fraction of sp³-hybridized carbons (Fsp3) is 0.0500. The molecule has 0 saturated heterocycles. The lowest BCUT2D eigenvalue weighted by atomic mass is 10.2. The Bertz CT molecular complexity index is 755. The van der Waals surface area contributed by atoms with Crippen molar-refractivity contribution < 1.29 is 5.21 Å². The number of hydrogen-bond donors (Lipinski definition) is 1. The van der Waals surface area contributed by atoms with Crippen molar-refractivity contribution in [2.24, 2.45) is 4.99 Å². The zero-order valence-corrected chi connectivity index (χ0v) is 12.7. The third kappa shape index (κ3) is 3.84. The van der Waals surface area contributed by atoms with E-state index in [9.17, 15) is 5.21 Å². The van der Waals surface area contributed by atoms with E-state index in [1.807, 2.05) is 91.0 Å². The maximum Gasteiger partial charge on any atom is 0.160 e. The molecule has 3 heteroatoms. The molecule has 3 nitrogen and oxygen atoms in total. The van der Waals surface area contributed by atoms with E-state index in [2.05, 4.69) is 4.99 Å². The molecule has 0 fully saturated rings. The SMILES string of the molecule is ON(C(=NCc1ccccc1)c1ccccc1)c1ccccc1. The first-order valence-corrected chi connectivity index (χ1v) is 7.52. The van der Waals surface area contributed by atoms with E-state index in [1.54, 1.807) is 0 Å². The van der Waals surface area contributed by atoms with Gasteiger partial charge < -0.3 is 0 Å². The molecular formula is C20H18N2O. The zero-order valence-electron chi connectivity index (χ0n) is 12.7. The van der Waals surface area contributed by atoms with Gasteiger partial charge in [0.1, 0.15) is 0 Å². The number of aliphatic imine (C=N–C) groups is 1. The lowest BCUT2D eigenvalue weighted by Crippen LogP contribution is -2.28. The number of para-hydroxylation sites is 1. The monoisotopic (exact) mass is 302 g/mol. The number of hydroxylamine groups is 1. The number of nitrogens with zero attached hydrogens (tertiary/aromatic N) is 2. The van der Waals surface area contributed by atoms with E-state index in [0.29, 0.717) is 18.1 Å². The van der Waals surface area contributed by atoms with Crippen LogP contribution in [0.5, 0.6) is 0 Å². The molecule has 23 heavy (non-hydrogen) atoms. The second-order valence-corrected chi connectivity index (χ2v) is 5.14. The quantitative estimate of drug-likeness (QED) is 0.436. The number of benzene rings is 3. The van der Waals surface area contributed by atoms with Crippen molar-refractivity contribution in [1.82, 2.24) is 0 Å². The highest BCUT2D eigenvalue weighted by atomic mass is 16.5. The summed E-state index contributed by atoms with van der Waals surface area (Å²) in [5.41, 5.74) is 2.65. The van der Waals surface area contributed by atoms with E-state index in [4.69, 9.17) is 0 Å². The molecule has 0 unspecified atom stereocenters. The molecule has 0 aliphatic rings. The van der Waals surface area contributed by atoms with Crippen molar-refractivity contribution in [2.75, 3.05) is 5.06 Å². The number of rotatable bonds is 4. The van der Waals surface area contributed by atoms with Crippen LogP contribution in [-0.4, -0.2) is 11.0 Å². The van der Waals surface area contributed by atoms with Gasteiger partial charge in [-0.25, -0.2) is 5.06 Å². The third-order valence-corrected chi connectivity index (χ3v) is 3.49. The van der Waals surface area contributed by atoms with Crippen LogP contribution in [0, 0.1) is 0 Å². The predicted octanol–water partition coefficient (Wildman–Crippen LogP) is 4.53. The van der Waals surface area contributed by atoms with Crippen LogP contribution in [0.1, 0.15) is 11.1 Å². The van der Waals surface area contributed by atoms with E-state index in [-0.39, 0.29) is 0 Å². The maximum absolute atomic E-state index is 10.6. The molecule has 0 atom stereocenters. The molecule has 0 bridgehead atoms. The van der Waals surface area contributed by atoms with Crippen LogP contribution >= 0.6 is 0 Å². The highest BCUT2D eigenvalue weighted by molar-refractivity contribution is 6.08. The summed E-state index contributed by atoms with van der Waals surface area (Å²) >= 11 is 0. The lowest BCUT2D eigenvalue weighted by Gasteiger charge is -2.19. The summed E-state index contributed by atoms with van der Waals surface area (Å²) in [6.45, 7) is 0.509.